The molecule has 2 nitrogen and oxygen atoms in total. The standard InChI is InChI=1S/C17H20ClFN2/c1-10-6-11(2)14(12(3)7-10)9-17(21-20)15-8-13(18)4-5-16(15)19/h4-8,17,21H,9,20H2,1-3H3. The van der Waals surface area contributed by atoms with Gasteiger partial charge in [-0.15, -0.1) is 0 Å². The highest BCUT2D eigenvalue weighted by Crippen LogP contribution is 2.27. The minimum Gasteiger partial charge on any atom is -0.271 e. The Morgan fingerprint density at radius 3 is 2.33 bits per heavy atom. The third-order valence-electron chi connectivity index (χ3n) is 3.78. The fourth-order valence-corrected chi connectivity index (χ4v) is 2.96. The fraction of sp³-hybridized carbons (Fsp3) is 0.294. The molecule has 21 heavy (non-hydrogen) atoms. The zero-order valence-electron chi connectivity index (χ0n) is 12.5. The molecule has 112 valence electrons. The summed E-state index contributed by atoms with van der Waals surface area (Å²) in [5.74, 6) is 5.34. The highest BCUT2D eigenvalue weighted by Gasteiger charge is 2.17. The normalized spacial score (nSPS) is 12.5. The lowest BCUT2D eigenvalue weighted by molar-refractivity contribution is 0.509. The first-order chi connectivity index (χ1) is 9.92. The van der Waals surface area contributed by atoms with Crippen molar-refractivity contribution in [1.29, 1.82) is 0 Å². The largest absolute Gasteiger partial charge is 0.271 e. The van der Waals surface area contributed by atoms with E-state index in [9.17, 15) is 4.39 Å². The number of halogens is 2. The number of benzene rings is 2. The predicted octanol–water partition coefficient (Wildman–Crippen LogP) is 4.15. The van der Waals surface area contributed by atoms with Crippen LogP contribution < -0.4 is 11.3 Å². The molecule has 0 aliphatic rings. The van der Waals surface area contributed by atoms with Crippen LogP contribution >= 0.6 is 11.6 Å². The summed E-state index contributed by atoms with van der Waals surface area (Å²) in [5, 5.41) is 0.504. The Morgan fingerprint density at radius 2 is 1.76 bits per heavy atom. The molecule has 0 spiro atoms. The quantitative estimate of drug-likeness (QED) is 0.658. The second kappa shape index (κ2) is 6.56. The molecule has 0 aliphatic carbocycles. The van der Waals surface area contributed by atoms with Gasteiger partial charge in [-0.1, -0.05) is 29.3 Å². The lowest BCUT2D eigenvalue weighted by Gasteiger charge is -2.20. The zero-order chi connectivity index (χ0) is 15.6. The number of hydrogen-bond acceptors (Lipinski definition) is 2. The molecule has 2 aromatic carbocycles. The summed E-state index contributed by atoms with van der Waals surface area (Å²) in [4.78, 5) is 0. The van der Waals surface area contributed by atoms with Gasteiger partial charge in [0.25, 0.3) is 0 Å². The Balaban J connectivity index is 2.38. The van der Waals surface area contributed by atoms with E-state index in [1.54, 1.807) is 6.07 Å². The second-order valence-electron chi connectivity index (χ2n) is 5.47. The van der Waals surface area contributed by atoms with Crippen LogP contribution in [0, 0.1) is 26.6 Å². The maximum atomic E-state index is 14.0. The number of nitrogens with one attached hydrogen (secondary N) is 1. The summed E-state index contributed by atoms with van der Waals surface area (Å²) >= 11 is 5.97. The number of hydrazine groups is 1. The van der Waals surface area contributed by atoms with Crippen molar-refractivity contribution in [3.05, 3.63) is 69.0 Å². The number of aryl methyl sites for hydroxylation is 3. The van der Waals surface area contributed by atoms with Crippen molar-refractivity contribution < 1.29 is 4.39 Å². The van der Waals surface area contributed by atoms with Crippen LogP contribution in [0.2, 0.25) is 5.02 Å². The van der Waals surface area contributed by atoms with Crippen molar-refractivity contribution in [2.24, 2.45) is 5.84 Å². The van der Waals surface area contributed by atoms with Gasteiger partial charge in [0.05, 0.1) is 6.04 Å². The van der Waals surface area contributed by atoms with Crippen LogP contribution in [0.1, 0.15) is 33.9 Å². The average molecular weight is 307 g/mol. The lowest BCUT2D eigenvalue weighted by atomic mass is 9.92. The summed E-state index contributed by atoms with van der Waals surface area (Å²) in [6, 6.07) is 8.48. The van der Waals surface area contributed by atoms with Crippen molar-refractivity contribution in [3.63, 3.8) is 0 Å². The number of rotatable bonds is 4. The molecule has 0 heterocycles. The molecule has 0 bridgehead atoms. The molecule has 1 unspecified atom stereocenters. The van der Waals surface area contributed by atoms with Gasteiger partial charge in [0.15, 0.2) is 0 Å². The average Bonchev–Trinajstić information content (AvgIpc) is 2.41. The molecular formula is C17H20ClFN2. The monoisotopic (exact) mass is 306 g/mol. The smallest absolute Gasteiger partial charge is 0.128 e. The van der Waals surface area contributed by atoms with Crippen LogP contribution in [0.25, 0.3) is 0 Å². The van der Waals surface area contributed by atoms with Crippen LogP contribution in [0.3, 0.4) is 0 Å². The molecule has 0 aromatic heterocycles. The van der Waals surface area contributed by atoms with E-state index in [4.69, 9.17) is 17.4 Å². The molecule has 1 atom stereocenters. The molecule has 2 rings (SSSR count). The molecule has 4 heteroatoms. The molecule has 2 aromatic rings. The van der Waals surface area contributed by atoms with E-state index < -0.39 is 0 Å². The Hall–Kier alpha value is -1.42. The third kappa shape index (κ3) is 3.62. The summed E-state index contributed by atoms with van der Waals surface area (Å²) in [6.45, 7) is 6.20. The van der Waals surface area contributed by atoms with Crippen molar-refractivity contribution >= 4 is 11.6 Å². The highest BCUT2D eigenvalue weighted by atomic mass is 35.5. The molecule has 0 fully saturated rings. The van der Waals surface area contributed by atoms with Crippen molar-refractivity contribution in [1.82, 2.24) is 5.43 Å². The maximum Gasteiger partial charge on any atom is 0.128 e. The Kier molecular flexibility index (Phi) is 4.99. The van der Waals surface area contributed by atoms with E-state index in [0.29, 0.717) is 17.0 Å². The molecule has 3 N–H and O–H groups in total. The van der Waals surface area contributed by atoms with E-state index >= 15 is 0 Å². The third-order valence-corrected chi connectivity index (χ3v) is 4.02. The minimum atomic E-state index is -0.316. The predicted molar refractivity (Wildman–Crippen MR) is 85.8 cm³/mol. The van der Waals surface area contributed by atoms with E-state index in [1.165, 1.54) is 34.4 Å². The topological polar surface area (TPSA) is 38.0 Å². The van der Waals surface area contributed by atoms with Crippen LogP contribution in [-0.4, -0.2) is 0 Å². The molecule has 0 saturated carbocycles. The van der Waals surface area contributed by atoms with Gasteiger partial charge in [-0.3, -0.25) is 11.3 Å². The first-order valence-electron chi connectivity index (χ1n) is 6.90. The van der Waals surface area contributed by atoms with Crippen molar-refractivity contribution in [2.45, 2.75) is 33.2 Å². The van der Waals surface area contributed by atoms with Crippen LogP contribution in [0.5, 0.6) is 0 Å². The zero-order valence-corrected chi connectivity index (χ0v) is 13.3. The minimum absolute atomic E-state index is 0.301. The van der Waals surface area contributed by atoms with Gasteiger partial charge in [-0.25, -0.2) is 4.39 Å². The Labute approximate surface area is 130 Å². The Bertz CT molecular complexity index is 632. The van der Waals surface area contributed by atoms with Gasteiger partial charge in [-0.05, 0) is 62.1 Å². The molecular weight excluding hydrogens is 287 g/mol. The van der Waals surface area contributed by atoms with Gasteiger partial charge in [0.2, 0.25) is 0 Å². The summed E-state index contributed by atoms with van der Waals surface area (Å²) in [5.41, 5.74) is 7.98. The van der Waals surface area contributed by atoms with Gasteiger partial charge in [0, 0.05) is 10.6 Å². The maximum absolute atomic E-state index is 14.0. The van der Waals surface area contributed by atoms with Gasteiger partial charge in [0.1, 0.15) is 5.82 Å². The number of nitrogens with two attached hydrogens (primary N) is 1. The molecule has 0 aliphatic heterocycles. The molecule has 0 amide bonds. The van der Waals surface area contributed by atoms with E-state index in [1.807, 2.05) is 0 Å². The van der Waals surface area contributed by atoms with Crippen molar-refractivity contribution in [3.8, 4) is 0 Å². The van der Waals surface area contributed by atoms with Gasteiger partial charge < -0.3 is 0 Å². The summed E-state index contributed by atoms with van der Waals surface area (Å²) in [7, 11) is 0. The second-order valence-corrected chi connectivity index (χ2v) is 5.90. The van der Waals surface area contributed by atoms with E-state index in [-0.39, 0.29) is 11.9 Å². The van der Waals surface area contributed by atoms with Crippen LogP contribution in [0.4, 0.5) is 4.39 Å². The fourth-order valence-electron chi connectivity index (χ4n) is 2.78. The Morgan fingerprint density at radius 1 is 1.14 bits per heavy atom. The van der Waals surface area contributed by atoms with Crippen molar-refractivity contribution in [2.75, 3.05) is 0 Å². The molecule has 0 radical (unpaired) electrons. The van der Waals surface area contributed by atoms with E-state index in [0.717, 1.165) is 0 Å². The SMILES string of the molecule is Cc1cc(C)c(CC(NN)c2cc(Cl)ccc2F)c(C)c1. The van der Waals surface area contributed by atoms with Crippen LogP contribution in [-0.2, 0) is 6.42 Å². The van der Waals surface area contributed by atoms with E-state index in [2.05, 4.69) is 38.3 Å². The summed E-state index contributed by atoms with van der Waals surface area (Å²) < 4.78 is 14.0. The summed E-state index contributed by atoms with van der Waals surface area (Å²) in [6.07, 6.45) is 0.617. The first-order valence-corrected chi connectivity index (χ1v) is 7.28. The van der Waals surface area contributed by atoms with Gasteiger partial charge in [-0.2, -0.15) is 0 Å². The lowest BCUT2D eigenvalue weighted by Crippen LogP contribution is -2.30. The van der Waals surface area contributed by atoms with Crippen LogP contribution in [0.15, 0.2) is 30.3 Å². The highest BCUT2D eigenvalue weighted by molar-refractivity contribution is 6.30. The first kappa shape index (κ1) is 16.0. The van der Waals surface area contributed by atoms with Gasteiger partial charge >= 0.3 is 0 Å². The number of hydrogen-bond donors (Lipinski definition) is 2. The molecule has 0 saturated heterocycles.